The summed E-state index contributed by atoms with van der Waals surface area (Å²) in [6.07, 6.45) is 11.8. The van der Waals surface area contributed by atoms with Crippen molar-refractivity contribution in [3.8, 4) is 5.75 Å². The van der Waals surface area contributed by atoms with Gasteiger partial charge in [-0.25, -0.2) is 0 Å². The Balaban J connectivity index is 1.85. The monoisotopic (exact) mass is 264 g/mol. The van der Waals surface area contributed by atoms with Crippen molar-refractivity contribution in [3.05, 3.63) is 12.4 Å². The number of ether oxygens (including phenoxy) is 1. The minimum atomic E-state index is -0.170. The van der Waals surface area contributed by atoms with Gasteiger partial charge in [0.05, 0.1) is 31.1 Å². The van der Waals surface area contributed by atoms with Gasteiger partial charge in [0.2, 0.25) is 0 Å². The Morgan fingerprint density at radius 2 is 2.21 bits per heavy atom. The highest BCUT2D eigenvalue weighted by molar-refractivity contribution is 5.13. The molecule has 2 unspecified atom stereocenters. The molecule has 1 spiro atoms. The van der Waals surface area contributed by atoms with E-state index in [1.54, 1.807) is 6.20 Å². The quantitative estimate of drug-likeness (QED) is 0.913. The van der Waals surface area contributed by atoms with Crippen LogP contribution in [0.15, 0.2) is 12.4 Å². The first-order valence-corrected chi connectivity index (χ1v) is 7.58. The summed E-state index contributed by atoms with van der Waals surface area (Å²) in [5.74, 6) is 0.843. The first kappa shape index (κ1) is 13.0. The number of rotatable bonds is 3. The van der Waals surface area contributed by atoms with Gasteiger partial charge in [0.1, 0.15) is 0 Å². The third kappa shape index (κ3) is 2.38. The molecule has 2 aliphatic carbocycles. The molecule has 1 heterocycles. The zero-order valence-electron chi connectivity index (χ0n) is 11.7. The molecule has 3 rings (SSSR count). The second-order valence-corrected chi connectivity index (χ2v) is 6.10. The van der Waals surface area contributed by atoms with Gasteiger partial charge in [-0.05, 0) is 44.4 Å². The van der Waals surface area contributed by atoms with Gasteiger partial charge in [-0.2, -0.15) is 5.10 Å². The van der Waals surface area contributed by atoms with Crippen LogP contribution >= 0.6 is 0 Å². The Kier molecular flexibility index (Phi) is 3.52. The van der Waals surface area contributed by atoms with E-state index in [1.807, 2.05) is 13.1 Å². The lowest BCUT2D eigenvalue weighted by Crippen LogP contribution is -2.38. The Morgan fingerprint density at radius 3 is 2.95 bits per heavy atom. The predicted molar refractivity (Wildman–Crippen MR) is 73.2 cm³/mol. The van der Waals surface area contributed by atoms with Crippen molar-refractivity contribution in [2.45, 2.75) is 64.0 Å². The number of aliphatic hydroxyl groups is 1. The third-order valence-electron chi connectivity index (χ3n) is 4.99. The summed E-state index contributed by atoms with van der Waals surface area (Å²) < 4.78 is 7.56. The van der Waals surface area contributed by atoms with Gasteiger partial charge in [-0.3, -0.25) is 4.68 Å². The van der Waals surface area contributed by atoms with Crippen LogP contribution in [0, 0.1) is 5.41 Å². The van der Waals surface area contributed by atoms with Crippen LogP contribution in [0.3, 0.4) is 0 Å². The van der Waals surface area contributed by atoms with E-state index in [0.717, 1.165) is 25.0 Å². The highest BCUT2D eigenvalue weighted by Gasteiger charge is 2.46. The smallest absolute Gasteiger partial charge is 0.157 e. The van der Waals surface area contributed by atoms with Crippen LogP contribution in [0.1, 0.15) is 57.9 Å². The third-order valence-corrected chi connectivity index (χ3v) is 4.99. The second kappa shape index (κ2) is 5.16. The maximum atomic E-state index is 10.0. The fourth-order valence-corrected chi connectivity index (χ4v) is 4.03. The summed E-state index contributed by atoms with van der Waals surface area (Å²) in [6.45, 7) is 2.66. The molecule has 1 aromatic rings. The Hall–Kier alpha value is -1.03. The molecule has 0 radical (unpaired) electrons. The van der Waals surface area contributed by atoms with Crippen LogP contribution in [-0.2, 0) is 0 Å². The normalized spacial score (nSPS) is 29.8. The SMILES string of the molecule is CCOc1cnn(C2CC(O)CCC23CCCC3)c1. The predicted octanol–water partition coefficient (Wildman–Crippen LogP) is 2.93. The molecule has 0 saturated heterocycles. The number of hydrogen-bond acceptors (Lipinski definition) is 3. The summed E-state index contributed by atoms with van der Waals surface area (Å²) in [5, 5.41) is 14.5. The molecule has 2 fully saturated rings. The molecular formula is C15H24N2O2. The minimum Gasteiger partial charge on any atom is -0.491 e. The van der Waals surface area contributed by atoms with E-state index in [-0.39, 0.29) is 6.10 Å². The summed E-state index contributed by atoms with van der Waals surface area (Å²) >= 11 is 0. The molecular weight excluding hydrogens is 240 g/mol. The molecule has 0 aliphatic heterocycles. The molecule has 0 amide bonds. The number of nitrogens with zero attached hydrogens (tertiary/aromatic N) is 2. The zero-order valence-corrected chi connectivity index (χ0v) is 11.7. The fourth-order valence-electron chi connectivity index (χ4n) is 4.03. The van der Waals surface area contributed by atoms with Gasteiger partial charge in [-0.1, -0.05) is 12.8 Å². The number of aromatic nitrogens is 2. The van der Waals surface area contributed by atoms with Gasteiger partial charge in [0, 0.05) is 0 Å². The molecule has 2 saturated carbocycles. The van der Waals surface area contributed by atoms with Crippen molar-refractivity contribution in [3.63, 3.8) is 0 Å². The van der Waals surface area contributed by atoms with Crippen LogP contribution in [0.4, 0.5) is 0 Å². The maximum absolute atomic E-state index is 10.0. The van der Waals surface area contributed by atoms with E-state index in [4.69, 9.17) is 4.74 Å². The molecule has 4 nitrogen and oxygen atoms in total. The molecule has 19 heavy (non-hydrogen) atoms. The van der Waals surface area contributed by atoms with E-state index in [9.17, 15) is 5.11 Å². The van der Waals surface area contributed by atoms with E-state index in [2.05, 4.69) is 9.78 Å². The second-order valence-electron chi connectivity index (χ2n) is 6.10. The number of hydrogen-bond donors (Lipinski definition) is 1. The topological polar surface area (TPSA) is 47.3 Å². The Morgan fingerprint density at radius 1 is 1.42 bits per heavy atom. The van der Waals surface area contributed by atoms with Crippen LogP contribution in [-0.4, -0.2) is 27.6 Å². The average Bonchev–Trinajstić information content (AvgIpc) is 3.03. The molecule has 1 aromatic heterocycles. The fraction of sp³-hybridized carbons (Fsp3) is 0.800. The molecule has 2 atom stereocenters. The largest absolute Gasteiger partial charge is 0.491 e. The standard InChI is InChI=1S/C15H24N2O2/c1-2-19-13-10-16-17(11-13)14-9-12(18)5-8-15(14)6-3-4-7-15/h10-12,14,18H,2-9H2,1H3. The van der Waals surface area contributed by atoms with Crippen molar-refractivity contribution >= 4 is 0 Å². The Bertz CT molecular complexity index is 424. The van der Waals surface area contributed by atoms with Gasteiger partial charge in [-0.15, -0.1) is 0 Å². The molecule has 0 bridgehead atoms. The summed E-state index contributed by atoms with van der Waals surface area (Å²) in [7, 11) is 0. The van der Waals surface area contributed by atoms with Crippen molar-refractivity contribution < 1.29 is 9.84 Å². The average molecular weight is 264 g/mol. The van der Waals surface area contributed by atoms with Crippen molar-refractivity contribution in [1.29, 1.82) is 0 Å². The van der Waals surface area contributed by atoms with E-state index >= 15 is 0 Å². The highest BCUT2D eigenvalue weighted by atomic mass is 16.5. The minimum absolute atomic E-state index is 0.170. The number of aliphatic hydroxyl groups excluding tert-OH is 1. The van der Waals surface area contributed by atoms with Gasteiger partial charge in [0.15, 0.2) is 5.75 Å². The van der Waals surface area contributed by atoms with E-state index < -0.39 is 0 Å². The summed E-state index contributed by atoms with van der Waals surface area (Å²) in [6, 6.07) is 0.341. The molecule has 4 heteroatoms. The van der Waals surface area contributed by atoms with Gasteiger partial charge < -0.3 is 9.84 Å². The summed E-state index contributed by atoms with van der Waals surface area (Å²) in [4.78, 5) is 0. The Labute approximate surface area is 114 Å². The van der Waals surface area contributed by atoms with E-state index in [0.29, 0.717) is 18.1 Å². The van der Waals surface area contributed by atoms with E-state index in [1.165, 1.54) is 25.7 Å². The van der Waals surface area contributed by atoms with Gasteiger partial charge >= 0.3 is 0 Å². The van der Waals surface area contributed by atoms with Crippen LogP contribution < -0.4 is 4.74 Å². The lowest BCUT2D eigenvalue weighted by molar-refractivity contribution is 0.0123. The molecule has 1 N–H and O–H groups in total. The molecule has 2 aliphatic rings. The molecule has 0 aromatic carbocycles. The first-order chi connectivity index (χ1) is 9.23. The van der Waals surface area contributed by atoms with Crippen LogP contribution in [0.25, 0.3) is 0 Å². The highest BCUT2D eigenvalue weighted by Crippen LogP contribution is 2.54. The molecule has 106 valence electrons. The lowest BCUT2D eigenvalue weighted by atomic mass is 9.68. The van der Waals surface area contributed by atoms with Gasteiger partial charge in [0.25, 0.3) is 0 Å². The van der Waals surface area contributed by atoms with Crippen molar-refractivity contribution in [2.24, 2.45) is 5.41 Å². The first-order valence-electron chi connectivity index (χ1n) is 7.58. The van der Waals surface area contributed by atoms with Crippen molar-refractivity contribution in [1.82, 2.24) is 9.78 Å². The van der Waals surface area contributed by atoms with Crippen LogP contribution in [0.2, 0.25) is 0 Å². The van der Waals surface area contributed by atoms with Crippen molar-refractivity contribution in [2.75, 3.05) is 6.61 Å². The summed E-state index contributed by atoms with van der Waals surface area (Å²) in [5.41, 5.74) is 0.370. The van der Waals surface area contributed by atoms with Crippen LogP contribution in [0.5, 0.6) is 5.75 Å². The maximum Gasteiger partial charge on any atom is 0.157 e. The lowest BCUT2D eigenvalue weighted by Gasteiger charge is -2.43. The zero-order chi connectivity index (χ0) is 13.3.